The van der Waals surface area contributed by atoms with Crippen molar-refractivity contribution in [1.29, 1.82) is 0 Å². The summed E-state index contributed by atoms with van der Waals surface area (Å²) in [7, 11) is 0. The van der Waals surface area contributed by atoms with E-state index in [0.29, 0.717) is 11.3 Å². The molecule has 0 aromatic heterocycles. The van der Waals surface area contributed by atoms with Crippen molar-refractivity contribution in [2.75, 3.05) is 0 Å². The quantitative estimate of drug-likeness (QED) is 0.894. The van der Waals surface area contributed by atoms with Gasteiger partial charge in [0, 0.05) is 5.56 Å². The van der Waals surface area contributed by atoms with E-state index in [1.165, 1.54) is 6.07 Å². The molecule has 0 heterocycles. The first-order chi connectivity index (χ1) is 8.60. The molecule has 0 unspecified atom stereocenters. The van der Waals surface area contributed by atoms with Crippen molar-refractivity contribution in [2.45, 2.75) is 20.5 Å². The van der Waals surface area contributed by atoms with E-state index in [2.05, 4.69) is 0 Å². The zero-order valence-corrected chi connectivity index (χ0v) is 10.4. The smallest absolute Gasteiger partial charge is 0.168 e. The summed E-state index contributed by atoms with van der Waals surface area (Å²) in [6.45, 7) is 3.65. The van der Waals surface area contributed by atoms with E-state index >= 15 is 0 Å². The molecule has 94 valence electrons. The summed E-state index contributed by atoms with van der Waals surface area (Å²) in [6, 6.07) is 10.2. The van der Waals surface area contributed by atoms with E-state index in [9.17, 15) is 9.50 Å². The lowest BCUT2D eigenvalue weighted by atomic mass is 10.1. The van der Waals surface area contributed by atoms with Gasteiger partial charge in [0.2, 0.25) is 0 Å². The lowest BCUT2D eigenvalue weighted by molar-refractivity contribution is 0.274. The molecule has 0 saturated heterocycles. The van der Waals surface area contributed by atoms with Crippen LogP contribution in [0, 0.1) is 19.7 Å². The molecule has 2 rings (SSSR count). The van der Waals surface area contributed by atoms with Gasteiger partial charge in [-0.25, -0.2) is 4.39 Å². The van der Waals surface area contributed by atoms with Gasteiger partial charge in [-0.1, -0.05) is 18.2 Å². The topological polar surface area (TPSA) is 29.5 Å². The Morgan fingerprint density at radius 2 is 1.78 bits per heavy atom. The number of benzene rings is 2. The Balaban J connectivity index is 2.39. The largest absolute Gasteiger partial charge is 0.454 e. The molecule has 0 aliphatic carbocycles. The van der Waals surface area contributed by atoms with Gasteiger partial charge in [-0.15, -0.1) is 0 Å². The summed E-state index contributed by atoms with van der Waals surface area (Å²) in [5, 5.41) is 9.18. The minimum absolute atomic E-state index is 0.0880. The minimum Gasteiger partial charge on any atom is -0.454 e. The van der Waals surface area contributed by atoms with Gasteiger partial charge in [-0.3, -0.25) is 0 Å². The number of aliphatic hydroxyl groups excluding tert-OH is 1. The fraction of sp³-hybridized carbons (Fsp3) is 0.200. The molecule has 0 saturated carbocycles. The van der Waals surface area contributed by atoms with Crippen LogP contribution in [0.25, 0.3) is 0 Å². The maximum Gasteiger partial charge on any atom is 0.168 e. The van der Waals surface area contributed by atoms with Gasteiger partial charge in [0.15, 0.2) is 11.6 Å². The molecule has 0 aliphatic rings. The SMILES string of the molecule is Cc1cc(C)cc(Oc2c(F)cccc2CO)c1. The van der Waals surface area contributed by atoms with E-state index < -0.39 is 5.82 Å². The number of aryl methyl sites for hydroxylation is 2. The van der Waals surface area contributed by atoms with Crippen LogP contribution in [0.4, 0.5) is 4.39 Å². The summed E-state index contributed by atoms with van der Waals surface area (Å²) in [6.07, 6.45) is 0. The lowest BCUT2D eigenvalue weighted by Gasteiger charge is -2.11. The third-order valence-corrected chi connectivity index (χ3v) is 2.63. The molecule has 1 N–H and O–H groups in total. The maximum atomic E-state index is 13.7. The van der Waals surface area contributed by atoms with Crippen molar-refractivity contribution in [1.82, 2.24) is 0 Å². The highest BCUT2D eigenvalue weighted by Crippen LogP contribution is 2.29. The number of rotatable bonds is 3. The molecule has 3 heteroatoms. The maximum absolute atomic E-state index is 13.7. The Morgan fingerprint density at radius 3 is 2.39 bits per heavy atom. The second-order valence-corrected chi connectivity index (χ2v) is 4.31. The molecule has 18 heavy (non-hydrogen) atoms. The third-order valence-electron chi connectivity index (χ3n) is 2.63. The number of hydrogen-bond acceptors (Lipinski definition) is 2. The summed E-state index contributed by atoms with van der Waals surface area (Å²) in [5.41, 5.74) is 2.54. The zero-order valence-electron chi connectivity index (χ0n) is 10.4. The molecule has 0 aliphatic heterocycles. The number of halogens is 1. The average Bonchev–Trinajstić information content (AvgIpc) is 2.30. The van der Waals surface area contributed by atoms with E-state index in [0.717, 1.165) is 11.1 Å². The number of aliphatic hydroxyl groups is 1. The first-order valence-electron chi connectivity index (χ1n) is 5.74. The van der Waals surface area contributed by atoms with Crippen LogP contribution in [0.15, 0.2) is 36.4 Å². The summed E-state index contributed by atoms with van der Waals surface area (Å²) in [4.78, 5) is 0. The van der Waals surface area contributed by atoms with Gasteiger partial charge in [0.05, 0.1) is 6.61 Å². The highest BCUT2D eigenvalue weighted by atomic mass is 19.1. The van der Waals surface area contributed by atoms with Crippen LogP contribution in [0.3, 0.4) is 0 Å². The fourth-order valence-electron chi connectivity index (χ4n) is 1.90. The second-order valence-electron chi connectivity index (χ2n) is 4.31. The van der Waals surface area contributed by atoms with Crippen LogP contribution >= 0.6 is 0 Å². The zero-order chi connectivity index (χ0) is 13.1. The van der Waals surface area contributed by atoms with Gasteiger partial charge in [0.25, 0.3) is 0 Å². The van der Waals surface area contributed by atoms with Crippen molar-refractivity contribution in [3.8, 4) is 11.5 Å². The van der Waals surface area contributed by atoms with Gasteiger partial charge < -0.3 is 9.84 Å². The summed E-state index contributed by atoms with van der Waals surface area (Å²) in [5.74, 6) is 0.193. The average molecular weight is 246 g/mol. The van der Waals surface area contributed by atoms with E-state index in [-0.39, 0.29) is 12.4 Å². The van der Waals surface area contributed by atoms with Crippen LogP contribution in [0.1, 0.15) is 16.7 Å². The molecule has 0 bridgehead atoms. The Morgan fingerprint density at radius 1 is 1.11 bits per heavy atom. The highest BCUT2D eigenvalue weighted by Gasteiger charge is 2.10. The number of ether oxygens (including phenoxy) is 1. The normalized spacial score (nSPS) is 10.4. The second kappa shape index (κ2) is 5.19. The first kappa shape index (κ1) is 12.6. The summed E-state index contributed by atoms with van der Waals surface area (Å²) < 4.78 is 19.2. The molecule has 2 aromatic carbocycles. The van der Waals surface area contributed by atoms with Crippen LogP contribution < -0.4 is 4.74 Å². The van der Waals surface area contributed by atoms with Gasteiger partial charge in [-0.05, 0) is 43.2 Å². The van der Waals surface area contributed by atoms with Crippen molar-refractivity contribution in [3.05, 3.63) is 58.9 Å². The first-order valence-corrected chi connectivity index (χ1v) is 5.74. The van der Waals surface area contributed by atoms with Gasteiger partial charge in [-0.2, -0.15) is 0 Å². The van der Waals surface area contributed by atoms with E-state index in [4.69, 9.17) is 4.74 Å². The molecule has 2 aromatic rings. The monoisotopic (exact) mass is 246 g/mol. The lowest BCUT2D eigenvalue weighted by Crippen LogP contribution is -1.95. The van der Waals surface area contributed by atoms with Crippen LogP contribution in [-0.2, 0) is 6.61 Å². The highest BCUT2D eigenvalue weighted by molar-refractivity contribution is 5.41. The van der Waals surface area contributed by atoms with Gasteiger partial charge in [0.1, 0.15) is 5.75 Å². The Labute approximate surface area is 106 Å². The van der Waals surface area contributed by atoms with E-state index in [1.54, 1.807) is 12.1 Å². The van der Waals surface area contributed by atoms with Crippen molar-refractivity contribution < 1.29 is 14.2 Å². The van der Waals surface area contributed by atoms with Crippen LogP contribution in [0.5, 0.6) is 11.5 Å². The van der Waals surface area contributed by atoms with Crippen LogP contribution in [0.2, 0.25) is 0 Å². The molecular formula is C15H15FO2. The number of hydrogen-bond donors (Lipinski definition) is 1. The van der Waals surface area contributed by atoms with Crippen molar-refractivity contribution in [3.63, 3.8) is 0 Å². The fourth-order valence-corrected chi connectivity index (χ4v) is 1.90. The predicted molar refractivity (Wildman–Crippen MR) is 68.3 cm³/mol. The molecule has 0 radical (unpaired) electrons. The molecule has 0 spiro atoms. The number of para-hydroxylation sites is 1. The molecule has 2 nitrogen and oxygen atoms in total. The summed E-state index contributed by atoms with van der Waals surface area (Å²) >= 11 is 0. The minimum atomic E-state index is -0.472. The Bertz CT molecular complexity index is 544. The Hall–Kier alpha value is -1.87. The molecule has 0 amide bonds. The Kier molecular flexibility index (Phi) is 3.63. The van der Waals surface area contributed by atoms with Crippen molar-refractivity contribution in [2.24, 2.45) is 0 Å². The molecular weight excluding hydrogens is 231 g/mol. The van der Waals surface area contributed by atoms with E-state index in [1.807, 2.05) is 32.0 Å². The predicted octanol–water partition coefficient (Wildman–Crippen LogP) is 3.73. The standard InChI is InChI=1S/C15H15FO2/c1-10-6-11(2)8-13(7-10)18-15-12(9-17)4-3-5-14(15)16/h3-8,17H,9H2,1-2H3. The van der Waals surface area contributed by atoms with Crippen molar-refractivity contribution >= 4 is 0 Å². The molecule has 0 fully saturated rings. The van der Waals surface area contributed by atoms with Crippen LogP contribution in [-0.4, -0.2) is 5.11 Å². The van der Waals surface area contributed by atoms with Gasteiger partial charge >= 0.3 is 0 Å². The third kappa shape index (κ3) is 2.68. The molecule has 0 atom stereocenters.